The predicted octanol–water partition coefficient (Wildman–Crippen LogP) is 20.8. The highest BCUT2D eigenvalue weighted by molar-refractivity contribution is 5.71. The van der Waals surface area contributed by atoms with Gasteiger partial charge in [0, 0.05) is 19.3 Å². The Morgan fingerprint density at radius 1 is 0.304 bits per heavy atom. The van der Waals surface area contributed by atoms with E-state index in [1.54, 1.807) is 0 Å². The lowest BCUT2D eigenvalue weighted by Gasteiger charge is -2.18. The molecule has 6 heteroatoms. The fraction of sp³-hybridized carbons (Fsp3) is 0.952. The fourth-order valence-electron chi connectivity index (χ4n) is 9.73. The maximum absolute atomic E-state index is 12.9. The quantitative estimate of drug-likeness (QED) is 0.0343. The van der Waals surface area contributed by atoms with Crippen molar-refractivity contribution in [3.05, 3.63) is 0 Å². The van der Waals surface area contributed by atoms with Gasteiger partial charge in [0.2, 0.25) is 0 Å². The van der Waals surface area contributed by atoms with Crippen LogP contribution in [0.15, 0.2) is 0 Å². The SMILES string of the molecule is CCCCCCCCCCCCCCCCCC(=O)OC[C@H](COC(=O)CCCCCCCCCCCCCCCCC(C)CC)OC(=O)CCCCCCCCCCCCCCCCCC(C)C. The Morgan fingerprint density at radius 2 is 0.551 bits per heavy atom. The van der Waals surface area contributed by atoms with Crippen LogP contribution in [0.25, 0.3) is 0 Å². The normalized spacial score (nSPS) is 12.4. The number of carbonyl (C=O) groups is 3. The molecule has 0 aromatic rings. The summed E-state index contributed by atoms with van der Waals surface area (Å²) in [6, 6.07) is 0. The topological polar surface area (TPSA) is 78.9 Å². The highest BCUT2D eigenvalue weighted by Crippen LogP contribution is 2.19. The minimum Gasteiger partial charge on any atom is -0.462 e. The van der Waals surface area contributed by atoms with Gasteiger partial charge in [0.15, 0.2) is 6.10 Å². The molecule has 69 heavy (non-hydrogen) atoms. The molecule has 6 nitrogen and oxygen atoms in total. The first kappa shape index (κ1) is 67.4. The molecule has 0 aromatic carbocycles. The van der Waals surface area contributed by atoms with Crippen molar-refractivity contribution in [2.24, 2.45) is 11.8 Å². The molecule has 410 valence electrons. The first-order chi connectivity index (χ1) is 33.8. The Balaban J connectivity index is 4.29. The summed E-state index contributed by atoms with van der Waals surface area (Å²) in [4.78, 5) is 38.3. The molecule has 0 amide bonds. The molecular weight excluding hydrogens is 853 g/mol. The van der Waals surface area contributed by atoms with Gasteiger partial charge in [-0.2, -0.15) is 0 Å². The zero-order valence-corrected chi connectivity index (χ0v) is 47.5. The van der Waals surface area contributed by atoms with Crippen LogP contribution in [-0.4, -0.2) is 37.2 Å². The Kier molecular flexibility index (Phi) is 54.4. The molecule has 0 saturated carbocycles. The number of hydrogen-bond acceptors (Lipinski definition) is 6. The van der Waals surface area contributed by atoms with E-state index in [1.807, 2.05) is 0 Å². The Bertz CT molecular complexity index is 1060. The van der Waals surface area contributed by atoms with Crippen LogP contribution in [0.1, 0.15) is 356 Å². The van der Waals surface area contributed by atoms with Crippen LogP contribution in [0, 0.1) is 11.8 Å². The van der Waals surface area contributed by atoms with E-state index < -0.39 is 6.10 Å². The van der Waals surface area contributed by atoms with E-state index in [2.05, 4.69) is 34.6 Å². The molecule has 0 N–H and O–H groups in total. The lowest BCUT2D eigenvalue weighted by Crippen LogP contribution is -2.30. The molecule has 0 aromatic heterocycles. The van der Waals surface area contributed by atoms with Gasteiger partial charge in [-0.05, 0) is 31.1 Å². The van der Waals surface area contributed by atoms with Crippen molar-refractivity contribution in [3.8, 4) is 0 Å². The number of carbonyl (C=O) groups excluding carboxylic acids is 3. The number of rotatable bonds is 57. The van der Waals surface area contributed by atoms with Gasteiger partial charge in [-0.25, -0.2) is 0 Å². The zero-order valence-electron chi connectivity index (χ0n) is 47.5. The lowest BCUT2D eigenvalue weighted by molar-refractivity contribution is -0.167. The molecule has 2 atom stereocenters. The summed E-state index contributed by atoms with van der Waals surface area (Å²) in [6.45, 7) is 11.5. The molecule has 0 aliphatic heterocycles. The molecule has 1 unspecified atom stereocenters. The van der Waals surface area contributed by atoms with Crippen molar-refractivity contribution >= 4 is 17.9 Å². The van der Waals surface area contributed by atoms with Gasteiger partial charge < -0.3 is 14.2 Å². The second kappa shape index (κ2) is 55.7. The number of hydrogen-bond donors (Lipinski definition) is 0. The Morgan fingerprint density at radius 3 is 0.826 bits per heavy atom. The molecule has 0 bridgehead atoms. The van der Waals surface area contributed by atoms with Crippen molar-refractivity contribution in [3.63, 3.8) is 0 Å². The summed E-state index contributed by atoms with van der Waals surface area (Å²) in [5.41, 5.74) is 0. The van der Waals surface area contributed by atoms with Crippen molar-refractivity contribution in [2.75, 3.05) is 13.2 Å². The van der Waals surface area contributed by atoms with Crippen LogP contribution in [-0.2, 0) is 28.6 Å². The fourth-order valence-corrected chi connectivity index (χ4v) is 9.73. The minimum atomic E-state index is -0.763. The van der Waals surface area contributed by atoms with Crippen molar-refractivity contribution in [1.29, 1.82) is 0 Å². The monoisotopic (exact) mass is 975 g/mol. The van der Waals surface area contributed by atoms with E-state index in [9.17, 15) is 14.4 Å². The molecule has 0 heterocycles. The zero-order chi connectivity index (χ0) is 50.4. The molecule has 0 radical (unpaired) electrons. The van der Waals surface area contributed by atoms with E-state index >= 15 is 0 Å². The van der Waals surface area contributed by atoms with Crippen molar-refractivity contribution in [2.45, 2.75) is 362 Å². The summed E-state index contributed by atoms with van der Waals surface area (Å²) in [5, 5.41) is 0. The molecule has 0 spiro atoms. The number of esters is 3. The standard InChI is InChI=1S/C63H122O6/c1-6-8-9-10-11-12-13-14-16-23-28-33-38-43-48-53-61(64)67-56-60(69-63(66)55-50-45-40-35-30-25-18-15-17-21-26-31-36-41-46-51-58(3)4)57-68-62(65)54-49-44-39-34-29-24-20-19-22-27-32-37-42-47-52-59(5)7-2/h58-60H,6-57H2,1-5H3/t59?,60-/m1/s1. The van der Waals surface area contributed by atoms with Crippen LogP contribution < -0.4 is 0 Å². The first-order valence-corrected chi connectivity index (χ1v) is 31.3. The van der Waals surface area contributed by atoms with Crippen LogP contribution in [0.5, 0.6) is 0 Å². The maximum atomic E-state index is 12.9. The number of unbranched alkanes of at least 4 members (excludes halogenated alkanes) is 41. The van der Waals surface area contributed by atoms with E-state index in [-0.39, 0.29) is 31.1 Å². The largest absolute Gasteiger partial charge is 0.462 e. The Hall–Kier alpha value is -1.59. The summed E-state index contributed by atoms with van der Waals surface area (Å²) < 4.78 is 16.9. The first-order valence-electron chi connectivity index (χ1n) is 31.3. The van der Waals surface area contributed by atoms with E-state index in [4.69, 9.17) is 14.2 Å². The van der Waals surface area contributed by atoms with Crippen LogP contribution >= 0.6 is 0 Å². The third kappa shape index (κ3) is 55.6. The minimum absolute atomic E-state index is 0.0620. The summed E-state index contributed by atoms with van der Waals surface area (Å²) in [6.07, 6.45) is 60.9. The van der Waals surface area contributed by atoms with E-state index in [0.29, 0.717) is 19.3 Å². The summed E-state index contributed by atoms with van der Waals surface area (Å²) in [5.74, 6) is 0.911. The van der Waals surface area contributed by atoms with Crippen LogP contribution in [0.3, 0.4) is 0 Å². The molecule has 0 fully saturated rings. The van der Waals surface area contributed by atoms with E-state index in [0.717, 1.165) is 69.6 Å². The lowest BCUT2D eigenvalue weighted by atomic mass is 9.99. The molecule has 0 rings (SSSR count). The molecular formula is C63H122O6. The van der Waals surface area contributed by atoms with Crippen LogP contribution in [0.2, 0.25) is 0 Å². The van der Waals surface area contributed by atoms with Gasteiger partial charge in [0.05, 0.1) is 0 Å². The van der Waals surface area contributed by atoms with Gasteiger partial charge in [-0.3, -0.25) is 14.4 Å². The van der Waals surface area contributed by atoms with Gasteiger partial charge >= 0.3 is 17.9 Å². The summed E-state index contributed by atoms with van der Waals surface area (Å²) >= 11 is 0. The predicted molar refractivity (Wildman–Crippen MR) is 298 cm³/mol. The van der Waals surface area contributed by atoms with Gasteiger partial charge in [0.25, 0.3) is 0 Å². The van der Waals surface area contributed by atoms with Gasteiger partial charge in [-0.15, -0.1) is 0 Å². The molecule has 0 aliphatic rings. The Labute approximate surface area is 431 Å². The smallest absolute Gasteiger partial charge is 0.306 e. The number of ether oxygens (including phenoxy) is 3. The second-order valence-electron chi connectivity index (χ2n) is 22.4. The van der Waals surface area contributed by atoms with Crippen molar-refractivity contribution in [1.82, 2.24) is 0 Å². The average Bonchev–Trinajstić information content (AvgIpc) is 3.34. The maximum Gasteiger partial charge on any atom is 0.306 e. The molecule has 0 saturated heterocycles. The second-order valence-corrected chi connectivity index (χ2v) is 22.4. The van der Waals surface area contributed by atoms with Gasteiger partial charge in [-0.1, -0.05) is 317 Å². The highest BCUT2D eigenvalue weighted by Gasteiger charge is 2.19. The molecule has 0 aliphatic carbocycles. The van der Waals surface area contributed by atoms with Gasteiger partial charge in [0.1, 0.15) is 13.2 Å². The van der Waals surface area contributed by atoms with Crippen LogP contribution in [0.4, 0.5) is 0 Å². The highest BCUT2D eigenvalue weighted by atomic mass is 16.6. The summed E-state index contributed by atoms with van der Waals surface area (Å²) in [7, 11) is 0. The third-order valence-corrected chi connectivity index (χ3v) is 14.8. The third-order valence-electron chi connectivity index (χ3n) is 14.8. The average molecular weight is 976 g/mol. The van der Waals surface area contributed by atoms with E-state index in [1.165, 1.54) is 244 Å². The van der Waals surface area contributed by atoms with Crippen molar-refractivity contribution < 1.29 is 28.6 Å².